The van der Waals surface area contributed by atoms with E-state index in [0.717, 1.165) is 31.4 Å². The maximum absolute atomic E-state index is 13.0. The summed E-state index contributed by atoms with van der Waals surface area (Å²) in [5.74, 6) is -0.240. The van der Waals surface area contributed by atoms with E-state index in [-0.39, 0.29) is 17.9 Å². The van der Waals surface area contributed by atoms with Crippen LogP contribution in [0.4, 0.5) is 5.69 Å². The van der Waals surface area contributed by atoms with E-state index in [1.165, 1.54) is 6.42 Å². The van der Waals surface area contributed by atoms with E-state index < -0.39 is 0 Å². The van der Waals surface area contributed by atoms with E-state index in [1.807, 2.05) is 17.9 Å². The Morgan fingerprint density at radius 1 is 1.15 bits per heavy atom. The summed E-state index contributed by atoms with van der Waals surface area (Å²) in [7, 11) is 0. The first-order valence-corrected chi connectivity index (χ1v) is 9.86. The summed E-state index contributed by atoms with van der Waals surface area (Å²) in [5.41, 5.74) is 2.63. The first kappa shape index (κ1) is 19.4. The van der Waals surface area contributed by atoms with Gasteiger partial charge in [0.1, 0.15) is 0 Å². The molecule has 2 aromatic carbocycles. The summed E-state index contributed by atoms with van der Waals surface area (Å²) in [6, 6.07) is 12.6. The highest BCUT2D eigenvalue weighted by Crippen LogP contribution is 2.23. The Hall–Kier alpha value is -2.33. The quantitative estimate of drug-likeness (QED) is 0.776. The molecule has 1 atom stereocenters. The van der Waals surface area contributed by atoms with E-state index in [4.69, 9.17) is 11.6 Å². The van der Waals surface area contributed by atoms with Gasteiger partial charge < -0.3 is 10.2 Å². The second-order valence-electron chi connectivity index (χ2n) is 7.05. The van der Waals surface area contributed by atoms with Crippen molar-refractivity contribution < 1.29 is 9.59 Å². The normalized spacial score (nSPS) is 16.9. The van der Waals surface area contributed by atoms with Crippen molar-refractivity contribution in [1.82, 2.24) is 4.90 Å². The average Bonchev–Trinajstić information content (AvgIpc) is 2.70. The number of anilines is 1. The van der Waals surface area contributed by atoms with Crippen LogP contribution >= 0.6 is 11.6 Å². The number of carbonyl (C=O) groups is 2. The zero-order valence-electron chi connectivity index (χ0n) is 15.8. The second kappa shape index (κ2) is 8.57. The molecule has 0 radical (unpaired) electrons. The number of nitrogens with one attached hydrogen (secondary N) is 1. The lowest BCUT2D eigenvalue weighted by Gasteiger charge is -2.35. The van der Waals surface area contributed by atoms with Crippen LogP contribution in [0.3, 0.4) is 0 Å². The van der Waals surface area contributed by atoms with Crippen molar-refractivity contribution in [3.05, 3.63) is 64.2 Å². The predicted molar refractivity (Wildman–Crippen MR) is 110 cm³/mol. The van der Waals surface area contributed by atoms with Gasteiger partial charge in [0.25, 0.3) is 11.8 Å². The molecule has 4 nitrogen and oxygen atoms in total. The van der Waals surface area contributed by atoms with Gasteiger partial charge in [0.05, 0.1) is 0 Å². The fraction of sp³-hybridized carbons (Fsp3) is 0.364. The lowest BCUT2D eigenvalue weighted by molar-refractivity contribution is 0.0608. The number of carbonyl (C=O) groups excluding carboxylic acids is 2. The standard InChI is InChI=1S/C22H25ClN2O2/c1-3-19-9-4-5-12-25(19)22(27)17-8-6-7-16(13-17)21(26)24-20-14-18(23)11-10-15(20)2/h6-8,10-11,13-14,19H,3-5,9,12H2,1-2H3,(H,24,26). The Morgan fingerprint density at radius 2 is 1.93 bits per heavy atom. The molecule has 0 saturated carbocycles. The molecular formula is C22H25ClN2O2. The Labute approximate surface area is 165 Å². The fourth-order valence-corrected chi connectivity index (χ4v) is 3.75. The smallest absolute Gasteiger partial charge is 0.255 e. The van der Waals surface area contributed by atoms with Crippen molar-refractivity contribution in [2.45, 2.75) is 45.6 Å². The number of amides is 2. The summed E-state index contributed by atoms with van der Waals surface area (Å²) in [6.45, 7) is 4.82. The minimum atomic E-state index is -0.249. The molecule has 2 amide bonds. The summed E-state index contributed by atoms with van der Waals surface area (Å²) in [6.07, 6.45) is 4.22. The van der Waals surface area contributed by atoms with Gasteiger partial charge in [-0.1, -0.05) is 30.7 Å². The maximum Gasteiger partial charge on any atom is 0.255 e. The van der Waals surface area contributed by atoms with E-state index in [1.54, 1.807) is 36.4 Å². The van der Waals surface area contributed by atoms with Gasteiger partial charge in [-0.05, 0) is 68.5 Å². The third-order valence-electron chi connectivity index (χ3n) is 5.18. The van der Waals surface area contributed by atoms with Gasteiger partial charge in [0.2, 0.25) is 0 Å². The van der Waals surface area contributed by atoms with Crippen molar-refractivity contribution in [1.29, 1.82) is 0 Å². The molecule has 0 aromatic heterocycles. The Morgan fingerprint density at radius 3 is 2.70 bits per heavy atom. The topological polar surface area (TPSA) is 49.4 Å². The first-order valence-electron chi connectivity index (χ1n) is 9.48. The predicted octanol–water partition coefficient (Wildman–Crippen LogP) is 5.31. The molecule has 1 N–H and O–H groups in total. The van der Waals surface area contributed by atoms with Crippen LogP contribution < -0.4 is 5.32 Å². The van der Waals surface area contributed by atoms with Gasteiger partial charge in [-0.3, -0.25) is 9.59 Å². The van der Waals surface area contributed by atoms with E-state index in [9.17, 15) is 9.59 Å². The zero-order chi connectivity index (χ0) is 19.4. The second-order valence-corrected chi connectivity index (χ2v) is 7.49. The van der Waals surface area contributed by atoms with Gasteiger partial charge in [0, 0.05) is 34.4 Å². The van der Waals surface area contributed by atoms with Crippen molar-refractivity contribution in [2.24, 2.45) is 0 Å². The van der Waals surface area contributed by atoms with Crippen LogP contribution in [0.15, 0.2) is 42.5 Å². The Balaban J connectivity index is 1.79. The molecule has 0 spiro atoms. The lowest BCUT2D eigenvalue weighted by atomic mass is 9.98. The van der Waals surface area contributed by atoms with Crippen LogP contribution in [0, 0.1) is 6.92 Å². The van der Waals surface area contributed by atoms with Gasteiger partial charge >= 0.3 is 0 Å². The van der Waals surface area contributed by atoms with Crippen LogP contribution in [0.5, 0.6) is 0 Å². The Bertz CT molecular complexity index is 850. The lowest BCUT2D eigenvalue weighted by Crippen LogP contribution is -2.43. The third-order valence-corrected chi connectivity index (χ3v) is 5.41. The number of aryl methyl sites for hydroxylation is 1. The zero-order valence-corrected chi connectivity index (χ0v) is 16.6. The molecule has 2 aromatic rings. The summed E-state index contributed by atoms with van der Waals surface area (Å²) < 4.78 is 0. The minimum absolute atomic E-state index is 0.00939. The maximum atomic E-state index is 13.0. The molecule has 1 heterocycles. The molecule has 142 valence electrons. The molecule has 1 fully saturated rings. The number of hydrogen-bond acceptors (Lipinski definition) is 2. The molecule has 3 rings (SSSR count). The first-order chi connectivity index (χ1) is 13.0. The number of halogens is 1. The van der Waals surface area contributed by atoms with Crippen molar-refractivity contribution in [3.8, 4) is 0 Å². The summed E-state index contributed by atoms with van der Waals surface area (Å²) >= 11 is 6.02. The molecule has 27 heavy (non-hydrogen) atoms. The molecule has 1 aliphatic rings. The molecule has 1 unspecified atom stereocenters. The summed E-state index contributed by atoms with van der Waals surface area (Å²) in [5, 5.41) is 3.45. The largest absolute Gasteiger partial charge is 0.336 e. The molecule has 0 bridgehead atoms. The third kappa shape index (κ3) is 4.51. The van der Waals surface area contributed by atoms with Crippen molar-refractivity contribution in [3.63, 3.8) is 0 Å². The Kier molecular flexibility index (Phi) is 6.17. The highest BCUT2D eigenvalue weighted by atomic mass is 35.5. The van der Waals surface area contributed by atoms with Gasteiger partial charge in [-0.2, -0.15) is 0 Å². The molecule has 5 heteroatoms. The van der Waals surface area contributed by atoms with Crippen LogP contribution in [0.1, 0.15) is 58.9 Å². The van der Waals surface area contributed by atoms with Gasteiger partial charge in [-0.15, -0.1) is 0 Å². The number of rotatable bonds is 4. The molecule has 1 aliphatic heterocycles. The van der Waals surface area contributed by atoms with Crippen LogP contribution in [0.2, 0.25) is 5.02 Å². The average molecular weight is 385 g/mol. The molecular weight excluding hydrogens is 360 g/mol. The van der Waals surface area contributed by atoms with Gasteiger partial charge in [0.15, 0.2) is 0 Å². The van der Waals surface area contributed by atoms with Gasteiger partial charge in [-0.25, -0.2) is 0 Å². The van der Waals surface area contributed by atoms with Crippen molar-refractivity contribution >= 4 is 29.1 Å². The highest BCUT2D eigenvalue weighted by molar-refractivity contribution is 6.31. The van der Waals surface area contributed by atoms with Crippen LogP contribution in [-0.2, 0) is 0 Å². The highest BCUT2D eigenvalue weighted by Gasteiger charge is 2.26. The molecule has 0 aliphatic carbocycles. The number of hydrogen-bond donors (Lipinski definition) is 1. The fourth-order valence-electron chi connectivity index (χ4n) is 3.58. The number of benzene rings is 2. The SMILES string of the molecule is CCC1CCCCN1C(=O)c1cccc(C(=O)Nc2cc(Cl)ccc2C)c1. The minimum Gasteiger partial charge on any atom is -0.336 e. The van der Waals surface area contributed by atoms with E-state index in [2.05, 4.69) is 12.2 Å². The van der Waals surface area contributed by atoms with Crippen LogP contribution in [0.25, 0.3) is 0 Å². The monoisotopic (exact) mass is 384 g/mol. The molecule has 1 saturated heterocycles. The summed E-state index contributed by atoms with van der Waals surface area (Å²) in [4.78, 5) is 27.6. The van der Waals surface area contributed by atoms with E-state index in [0.29, 0.717) is 21.8 Å². The number of likely N-dealkylation sites (tertiary alicyclic amines) is 1. The van der Waals surface area contributed by atoms with Crippen LogP contribution in [-0.4, -0.2) is 29.3 Å². The number of nitrogens with zero attached hydrogens (tertiary/aromatic N) is 1. The van der Waals surface area contributed by atoms with E-state index >= 15 is 0 Å². The number of piperidine rings is 1. The van der Waals surface area contributed by atoms with Crippen molar-refractivity contribution in [2.75, 3.05) is 11.9 Å².